The van der Waals surface area contributed by atoms with E-state index >= 15 is 0 Å². The van der Waals surface area contributed by atoms with Crippen LogP contribution in [-0.4, -0.2) is 30.8 Å². The lowest BCUT2D eigenvalue weighted by atomic mass is 10.2. The first-order valence-corrected chi connectivity index (χ1v) is 7.52. The fourth-order valence-electron chi connectivity index (χ4n) is 1.97. The van der Waals surface area contributed by atoms with E-state index in [0.29, 0.717) is 12.3 Å². The standard InChI is InChI=1S/C14H19N3O3S/c1-4-9-5-6-10(21-9)12-11(13(15)20-17-12)14(18)16-8(2)7-19-3/h5-6,8H,4,7,15H2,1-3H3,(H,16,18). The lowest BCUT2D eigenvalue weighted by Gasteiger charge is -2.12. The summed E-state index contributed by atoms with van der Waals surface area (Å²) in [6, 6.07) is 3.81. The van der Waals surface area contributed by atoms with Gasteiger partial charge in [-0.05, 0) is 25.5 Å². The summed E-state index contributed by atoms with van der Waals surface area (Å²) in [6.07, 6.45) is 0.935. The number of nitrogens with two attached hydrogens (primary N) is 1. The van der Waals surface area contributed by atoms with Crippen molar-refractivity contribution in [2.24, 2.45) is 0 Å². The summed E-state index contributed by atoms with van der Waals surface area (Å²) >= 11 is 1.58. The van der Waals surface area contributed by atoms with Gasteiger partial charge in [0.15, 0.2) is 0 Å². The number of hydrogen-bond donors (Lipinski definition) is 2. The van der Waals surface area contributed by atoms with Gasteiger partial charge in [-0.2, -0.15) is 0 Å². The van der Waals surface area contributed by atoms with Crippen molar-refractivity contribution >= 4 is 23.1 Å². The number of amides is 1. The molecule has 2 rings (SSSR count). The van der Waals surface area contributed by atoms with Crippen molar-refractivity contribution in [2.75, 3.05) is 19.5 Å². The van der Waals surface area contributed by atoms with Crippen molar-refractivity contribution in [1.29, 1.82) is 0 Å². The average molecular weight is 309 g/mol. The summed E-state index contributed by atoms with van der Waals surface area (Å²) in [5.74, 6) is -0.279. The molecule has 1 atom stereocenters. The minimum Gasteiger partial charge on any atom is -0.383 e. The molecule has 0 saturated carbocycles. The summed E-state index contributed by atoms with van der Waals surface area (Å²) in [6.45, 7) is 4.35. The summed E-state index contributed by atoms with van der Waals surface area (Å²) in [5, 5.41) is 6.74. The smallest absolute Gasteiger partial charge is 0.259 e. The van der Waals surface area contributed by atoms with E-state index in [-0.39, 0.29) is 23.4 Å². The number of carbonyl (C=O) groups excluding carboxylic acids is 1. The molecule has 0 aromatic carbocycles. The van der Waals surface area contributed by atoms with E-state index < -0.39 is 0 Å². The van der Waals surface area contributed by atoms with Crippen molar-refractivity contribution in [3.63, 3.8) is 0 Å². The second kappa shape index (κ2) is 6.73. The Hall–Kier alpha value is -1.86. The number of hydrogen-bond acceptors (Lipinski definition) is 6. The monoisotopic (exact) mass is 309 g/mol. The van der Waals surface area contributed by atoms with Crippen LogP contribution in [0, 0.1) is 0 Å². The first kappa shape index (κ1) is 15.5. The van der Waals surface area contributed by atoms with Gasteiger partial charge < -0.3 is 20.3 Å². The first-order chi connectivity index (χ1) is 10.1. The Kier molecular flexibility index (Phi) is 4.98. The number of anilines is 1. The molecule has 0 aliphatic heterocycles. The number of thiophene rings is 1. The maximum atomic E-state index is 12.3. The van der Waals surface area contributed by atoms with Crippen LogP contribution in [0.2, 0.25) is 0 Å². The van der Waals surface area contributed by atoms with E-state index in [2.05, 4.69) is 17.4 Å². The minimum atomic E-state index is -0.306. The highest BCUT2D eigenvalue weighted by Crippen LogP contribution is 2.32. The summed E-state index contributed by atoms with van der Waals surface area (Å²) in [4.78, 5) is 14.4. The number of nitrogens with zero attached hydrogens (tertiary/aromatic N) is 1. The zero-order chi connectivity index (χ0) is 15.4. The molecule has 1 amide bonds. The molecule has 114 valence electrons. The van der Waals surface area contributed by atoms with Gasteiger partial charge in [0.1, 0.15) is 11.3 Å². The Balaban J connectivity index is 2.27. The Morgan fingerprint density at radius 3 is 2.95 bits per heavy atom. The van der Waals surface area contributed by atoms with Crippen molar-refractivity contribution in [1.82, 2.24) is 10.5 Å². The summed E-state index contributed by atoms with van der Waals surface area (Å²) in [5.41, 5.74) is 6.52. The van der Waals surface area contributed by atoms with E-state index in [1.54, 1.807) is 18.4 Å². The van der Waals surface area contributed by atoms with Crippen molar-refractivity contribution < 1.29 is 14.1 Å². The highest BCUT2D eigenvalue weighted by molar-refractivity contribution is 7.15. The number of aryl methyl sites for hydroxylation is 1. The summed E-state index contributed by atoms with van der Waals surface area (Å²) in [7, 11) is 1.58. The maximum Gasteiger partial charge on any atom is 0.259 e. The normalized spacial score (nSPS) is 12.3. The Morgan fingerprint density at radius 2 is 2.33 bits per heavy atom. The molecule has 0 aliphatic rings. The zero-order valence-corrected chi connectivity index (χ0v) is 13.1. The zero-order valence-electron chi connectivity index (χ0n) is 12.3. The van der Waals surface area contributed by atoms with Crippen LogP contribution in [0.15, 0.2) is 16.7 Å². The molecule has 0 bridgehead atoms. The molecule has 2 heterocycles. The second-order valence-electron chi connectivity index (χ2n) is 4.72. The molecule has 0 radical (unpaired) electrons. The fraction of sp³-hybridized carbons (Fsp3) is 0.429. The fourth-order valence-corrected chi connectivity index (χ4v) is 2.91. The SMILES string of the molecule is CCc1ccc(-c2noc(N)c2C(=O)NC(C)COC)s1. The molecule has 6 nitrogen and oxygen atoms in total. The topological polar surface area (TPSA) is 90.4 Å². The van der Waals surface area contributed by atoms with Crippen molar-refractivity contribution in [2.45, 2.75) is 26.3 Å². The molecule has 0 fully saturated rings. The number of aromatic nitrogens is 1. The molecule has 0 saturated heterocycles. The summed E-state index contributed by atoms with van der Waals surface area (Å²) < 4.78 is 10.00. The van der Waals surface area contributed by atoms with Gasteiger partial charge in [-0.3, -0.25) is 4.79 Å². The first-order valence-electron chi connectivity index (χ1n) is 6.70. The third-order valence-electron chi connectivity index (χ3n) is 2.98. The molecular formula is C14H19N3O3S. The Bertz CT molecular complexity index is 621. The van der Waals surface area contributed by atoms with Crippen LogP contribution in [0.3, 0.4) is 0 Å². The lowest BCUT2D eigenvalue weighted by molar-refractivity contribution is 0.0906. The van der Waals surface area contributed by atoms with E-state index in [1.165, 1.54) is 4.88 Å². The molecule has 3 N–H and O–H groups in total. The van der Waals surface area contributed by atoms with Gasteiger partial charge in [-0.1, -0.05) is 12.1 Å². The average Bonchev–Trinajstić information content (AvgIpc) is 3.04. The quantitative estimate of drug-likeness (QED) is 0.854. The molecule has 2 aromatic heterocycles. The van der Waals surface area contributed by atoms with Gasteiger partial charge >= 0.3 is 0 Å². The van der Waals surface area contributed by atoms with Crippen molar-refractivity contribution in [3.05, 3.63) is 22.6 Å². The van der Waals surface area contributed by atoms with Gasteiger partial charge in [0.25, 0.3) is 5.91 Å². The number of carbonyl (C=O) groups is 1. The van der Waals surface area contributed by atoms with Gasteiger partial charge in [-0.25, -0.2) is 0 Å². The number of ether oxygens (including phenoxy) is 1. The van der Waals surface area contributed by atoms with Crippen LogP contribution in [0.4, 0.5) is 5.88 Å². The third-order valence-corrected chi connectivity index (χ3v) is 4.22. The Morgan fingerprint density at radius 1 is 1.57 bits per heavy atom. The molecule has 21 heavy (non-hydrogen) atoms. The number of nitrogens with one attached hydrogen (secondary N) is 1. The number of methoxy groups -OCH3 is 1. The molecule has 7 heteroatoms. The number of nitrogen functional groups attached to an aromatic ring is 1. The molecule has 0 spiro atoms. The maximum absolute atomic E-state index is 12.3. The van der Waals surface area contributed by atoms with Gasteiger partial charge in [0.2, 0.25) is 5.88 Å². The van der Waals surface area contributed by atoms with E-state index in [9.17, 15) is 4.79 Å². The Labute approximate surface area is 127 Å². The van der Waals surface area contributed by atoms with Crippen LogP contribution in [0.5, 0.6) is 0 Å². The highest BCUT2D eigenvalue weighted by Gasteiger charge is 2.24. The van der Waals surface area contributed by atoms with Crippen LogP contribution in [-0.2, 0) is 11.2 Å². The predicted molar refractivity (Wildman–Crippen MR) is 82.4 cm³/mol. The molecule has 0 aliphatic carbocycles. The predicted octanol–water partition coefficient (Wildman–Crippen LogP) is 2.31. The van der Waals surface area contributed by atoms with E-state index in [4.69, 9.17) is 15.0 Å². The van der Waals surface area contributed by atoms with E-state index in [1.807, 2.05) is 19.1 Å². The van der Waals surface area contributed by atoms with Gasteiger partial charge in [0.05, 0.1) is 11.5 Å². The van der Waals surface area contributed by atoms with Gasteiger partial charge in [-0.15, -0.1) is 11.3 Å². The second-order valence-corrected chi connectivity index (χ2v) is 5.89. The van der Waals surface area contributed by atoms with E-state index in [0.717, 1.165) is 11.3 Å². The molecule has 1 unspecified atom stereocenters. The van der Waals surface area contributed by atoms with Crippen molar-refractivity contribution in [3.8, 4) is 10.6 Å². The largest absolute Gasteiger partial charge is 0.383 e. The minimum absolute atomic E-state index is 0.0264. The highest BCUT2D eigenvalue weighted by atomic mass is 32.1. The third kappa shape index (κ3) is 3.43. The molecule has 2 aromatic rings. The lowest BCUT2D eigenvalue weighted by Crippen LogP contribution is -2.36. The number of rotatable bonds is 6. The van der Waals surface area contributed by atoms with Crippen LogP contribution < -0.4 is 11.1 Å². The molecular weight excluding hydrogens is 290 g/mol. The van der Waals surface area contributed by atoms with Gasteiger partial charge in [0, 0.05) is 18.0 Å². The van der Waals surface area contributed by atoms with Crippen LogP contribution >= 0.6 is 11.3 Å². The van der Waals surface area contributed by atoms with Crippen LogP contribution in [0.25, 0.3) is 10.6 Å². The van der Waals surface area contributed by atoms with Crippen LogP contribution in [0.1, 0.15) is 29.1 Å².